The molecular weight excluding hydrogens is 324 g/mol. The van der Waals surface area contributed by atoms with Gasteiger partial charge < -0.3 is 4.74 Å². The molecule has 2 rings (SSSR count). The highest BCUT2D eigenvalue weighted by Crippen LogP contribution is 2.24. The van der Waals surface area contributed by atoms with Gasteiger partial charge in [-0.1, -0.05) is 36.4 Å². The minimum absolute atomic E-state index is 0.163. The Kier molecular flexibility index (Phi) is 5.39. The fourth-order valence-corrected chi connectivity index (χ4v) is 3.34. The van der Waals surface area contributed by atoms with Crippen molar-refractivity contribution >= 4 is 10.0 Å². The van der Waals surface area contributed by atoms with Gasteiger partial charge in [0.15, 0.2) is 0 Å². The maximum Gasteiger partial charge on any atom is 0.241 e. The van der Waals surface area contributed by atoms with Gasteiger partial charge in [-0.3, -0.25) is 0 Å². The lowest BCUT2D eigenvalue weighted by atomic mass is 10.0. The Labute approximate surface area is 142 Å². The normalized spacial score (nSPS) is 12.2. The third-order valence-corrected chi connectivity index (χ3v) is 5.00. The highest BCUT2D eigenvalue weighted by Gasteiger charge is 2.24. The van der Waals surface area contributed by atoms with E-state index in [0.717, 1.165) is 5.56 Å². The Bertz CT molecular complexity index is 864. The van der Waals surface area contributed by atoms with E-state index in [1.807, 2.05) is 13.0 Å². The minimum atomic E-state index is -3.75. The fourth-order valence-electron chi connectivity index (χ4n) is 2.13. The van der Waals surface area contributed by atoms with E-state index in [2.05, 4.69) is 11.3 Å². The van der Waals surface area contributed by atoms with Crippen LogP contribution in [0.4, 0.5) is 0 Å². The van der Waals surface area contributed by atoms with E-state index in [-0.39, 0.29) is 10.7 Å². The monoisotopic (exact) mass is 342 g/mol. The van der Waals surface area contributed by atoms with Gasteiger partial charge in [0.2, 0.25) is 10.0 Å². The van der Waals surface area contributed by atoms with Crippen molar-refractivity contribution in [3.8, 4) is 6.07 Å². The summed E-state index contributed by atoms with van der Waals surface area (Å²) in [4.78, 5) is 0.163. The molecule has 0 spiro atoms. The number of nitrogens with zero attached hydrogens (tertiary/aromatic N) is 1. The van der Waals surface area contributed by atoms with Crippen LogP contribution in [0.25, 0.3) is 0 Å². The molecule has 0 aromatic heterocycles. The zero-order chi connectivity index (χ0) is 17.7. The number of ether oxygens (including phenoxy) is 1. The van der Waals surface area contributed by atoms with Crippen LogP contribution in [0.5, 0.6) is 0 Å². The Balaban J connectivity index is 2.36. The number of hydrogen-bond acceptors (Lipinski definition) is 4. The molecule has 2 aromatic rings. The summed E-state index contributed by atoms with van der Waals surface area (Å²) >= 11 is 0. The SMILES string of the molecule is C=C(OC)C(NS(=O)(=O)c1ccc(C)cc1)c1ccc(C#N)cc1. The van der Waals surface area contributed by atoms with Gasteiger partial charge in [-0.15, -0.1) is 0 Å². The lowest BCUT2D eigenvalue weighted by molar-refractivity contribution is 0.262. The molecule has 0 saturated carbocycles. The number of nitrogens with one attached hydrogen (secondary N) is 1. The van der Waals surface area contributed by atoms with Crippen LogP contribution < -0.4 is 4.72 Å². The maximum absolute atomic E-state index is 12.6. The van der Waals surface area contributed by atoms with Crippen molar-refractivity contribution in [2.45, 2.75) is 17.9 Å². The van der Waals surface area contributed by atoms with E-state index >= 15 is 0 Å². The smallest absolute Gasteiger partial charge is 0.241 e. The summed E-state index contributed by atoms with van der Waals surface area (Å²) in [5.41, 5.74) is 2.09. The fraction of sp³-hybridized carbons (Fsp3) is 0.167. The summed E-state index contributed by atoms with van der Waals surface area (Å²) in [5, 5.41) is 8.88. The van der Waals surface area contributed by atoms with E-state index in [9.17, 15) is 8.42 Å². The average molecular weight is 342 g/mol. The quantitative estimate of drug-likeness (QED) is 0.818. The van der Waals surface area contributed by atoms with Crippen molar-refractivity contribution in [3.63, 3.8) is 0 Å². The molecule has 6 heteroatoms. The third-order valence-electron chi connectivity index (χ3n) is 3.56. The topological polar surface area (TPSA) is 79.2 Å². The highest BCUT2D eigenvalue weighted by atomic mass is 32.2. The van der Waals surface area contributed by atoms with Crippen LogP contribution in [-0.4, -0.2) is 15.5 Å². The van der Waals surface area contributed by atoms with Gasteiger partial charge in [-0.05, 0) is 36.8 Å². The molecule has 0 aliphatic heterocycles. The molecule has 24 heavy (non-hydrogen) atoms. The van der Waals surface area contributed by atoms with Crippen LogP contribution in [0.15, 0.2) is 65.8 Å². The first-order chi connectivity index (χ1) is 11.4. The number of sulfonamides is 1. The predicted octanol–water partition coefficient (Wildman–Crippen LogP) is 3.05. The van der Waals surface area contributed by atoms with Crippen molar-refractivity contribution in [1.82, 2.24) is 4.72 Å². The number of methoxy groups -OCH3 is 1. The van der Waals surface area contributed by atoms with Gasteiger partial charge in [0.25, 0.3) is 0 Å². The van der Waals surface area contributed by atoms with Gasteiger partial charge in [-0.2, -0.15) is 9.98 Å². The summed E-state index contributed by atoms with van der Waals surface area (Å²) < 4.78 is 33.0. The highest BCUT2D eigenvalue weighted by molar-refractivity contribution is 7.89. The van der Waals surface area contributed by atoms with Gasteiger partial charge in [-0.25, -0.2) is 8.42 Å². The standard InChI is InChI=1S/C18H18N2O3S/c1-13-4-10-17(11-5-13)24(21,22)20-18(14(2)23-3)16-8-6-15(12-19)7-9-16/h4-11,18,20H,2H2,1,3H3. The number of hydrogen-bond donors (Lipinski definition) is 1. The molecule has 0 saturated heterocycles. The second-order valence-corrected chi connectivity index (χ2v) is 6.99. The van der Waals surface area contributed by atoms with E-state index < -0.39 is 16.1 Å². The molecule has 0 fully saturated rings. The summed E-state index contributed by atoms with van der Waals surface area (Å²) in [6, 6.07) is 14.4. The van der Waals surface area contributed by atoms with Crippen molar-refractivity contribution in [2.24, 2.45) is 0 Å². The molecule has 1 N–H and O–H groups in total. The molecule has 5 nitrogen and oxygen atoms in total. The summed E-state index contributed by atoms with van der Waals surface area (Å²) in [7, 11) is -2.32. The molecule has 1 unspecified atom stereocenters. The van der Waals surface area contributed by atoms with E-state index in [1.165, 1.54) is 7.11 Å². The average Bonchev–Trinajstić information content (AvgIpc) is 2.59. The van der Waals surface area contributed by atoms with Gasteiger partial charge >= 0.3 is 0 Å². The van der Waals surface area contributed by atoms with Crippen LogP contribution in [0.3, 0.4) is 0 Å². The number of rotatable bonds is 6. The first-order valence-electron chi connectivity index (χ1n) is 7.19. The van der Waals surface area contributed by atoms with Crippen molar-refractivity contribution in [1.29, 1.82) is 5.26 Å². The van der Waals surface area contributed by atoms with Crippen molar-refractivity contribution < 1.29 is 13.2 Å². The Morgan fingerprint density at radius 3 is 2.25 bits per heavy atom. The number of nitriles is 1. The lowest BCUT2D eigenvalue weighted by Gasteiger charge is -2.20. The minimum Gasteiger partial charge on any atom is -0.500 e. The zero-order valence-electron chi connectivity index (χ0n) is 13.5. The van der Waals surface area contributed by atoms with Crippen molar-refractivity contribution in [2.75, 3.05) is 7.11 Å². The van der Waals surface area contributed by atoms with Crippen LogP contribution in [0, 0.1) is 18.3 Å². The third kappa shape index (κ3) is 4.02. The molecule has 0 radical (unpaired) electrons. The number of benzene rings is 2. The van der Waals surface area contributed by atoms with Crippen LogP contribution >= 0.6 is 0 Å². The van der Waals surface area contributed by atoms with Crippen LogP contribution in [0.1, 0.15) is 22.7 Å². The molecule has 0 aliphatic carbocycles. The Hall–Kier alpha value is -2.62. The predicted molar refractivity (Wildman–Crippen MR) is 91.5 cm³/mol. The van der Waals surface area contributed by atoms with E-state index in [0.29, 0.717) is 11.1 Å². The second kappa shape index (κ2) is 7.30. The van der Waals surface area contributed by atoms with Gasteiger partial charge in [0.05, 0.1) is 23.6 Å². The maximum atomic E-state index is 12.6. The molecule has 0 aliphatic rings. The molecular formula is C18H18N2O3S. The molecule has 1 atom stereocenters. The summed E-state index contributed by atoms with van der Waals surface area (Å²) in [6.07, 6.45) is 0. The molecule has 0 amide bonds. The number of aryl methyl sites for hydroxylation is 1. The largest absolute Gasteiger partial charge is 0.500 e. The second-order valence-electron chi connectivity index (χ2n) is 5.27. The first kappa shape index (κ1) is 17.7. The summed E-state index contributed by atoms with van der Waals surface area (Å²) in [5.74, 6) is 0.260. The molecule has 0 bridgehead atoms. The zero-order valence-corrected chi connectivity index (χ0v) is 14.3. The molecule has 2 aromatic carbocycles. The lowest BCUT2D eigenvalue weighted by Crippen LogP contribution is -2.30. The first-order valence-corrected chi connectivity index (χ1v) is 8.67. The van der Waals surface area contributed by atoms with Crippen LogP contribution in [0.2, 0.25) is 0 Å². The molecule has 124 valence electrons. The van der Waals surface area contributed by atoms with Gasteiger partial charge in [0, 0.05) is 0 Å². The van der Waals surface area contributed by atoms with Gasteiger partial charge in [0.1, 0.15) is 11.8 Å². The summed E-state index contributed by atoms with van der Waals surface area (Å²) in [6.45, 7) is 5.66. The van der Waals surface area contributed by atoms with Crippen molar-refractivity contribution in [3.05, 3.63) is 77.6 Å². The van der Waals surface area contributed by atoms with E-state index in [4.69, 9.17) is 10.00 Å². The Morgan fingerprint density at radius 1 is 1.17 bits per heavy atom. The van der Waals surface area contributed by atoms with E-state index in [1.54, 1.807) is 48.5 Å². The Morgan fingerprint density at radius 2 is 1.75 bits per heavy atom. The molecule has 0 heterocycles. The van der Waals surface area contributed by atoms with Crippen LogP contribution in [-0.2, 0) is 14.8 Å².